The van der Waals surface area contributed by atoms with Crippen LogP contribution in [0.15, 0.2) is 10.6 Å². The van der Waals surface area contributed by atoms with E-state index in [1.54, 1.807) is 6.92 Å². The zero-order valence-corrected chi connectivity index (χ0v) is 13.3. The molecule has 1 aromatic rings. The maximum absolute atomic E-state index is 13.2. The molecule has 2 heterocycles. The van der Waals surface area contributed by atoms with E-state index in [1.165, 1.54) is 25.2 Å². The van der Waals surface area contributed by atoms with Crippen molar-refractivity contribution in [2.75, 3.05) is 27.2 Å². The molecule has 10 heteroatoms. The smallest absolute Gasteiger partial charge is 0.394 e. The summed E-state index contributed by atoms with van der Waals surface area (Å²) in [4.78, 5) is 5.35. The number of hydrogen-bond donors (Lipinski definition) is 0. The van der Waals surface area contributed by atoms with Crippen LogP contribution in [-0.2, 0) is 16.6 Å². The van der Waals surface area contributed by atoms with Crippen LogP contribution in [0.4, 0.5) is 13.2 Å². The first-order valence-corrected chi connectivity index (χ1v) is 8.14. The van der Waals surface area contributed by atoms with Gasteiger partial charge >= 0.3 is 6.18 Å². The largest absolute Gasteiger partial charge is 0.445 e. The molecule has 1 fully saturated rings. The number of nitrogens with zero attached hydrogens (tertiary/aromatic N) is 3. The Bertz CT molecular complexity index is 627. The van der Waals surface area contributed by atoms with Crippen LogP contribution in [-0.4, -0.2) is 61.2 Å². The molecule has 0 saturated carbocycles. The third-order valence-electron chi connectivity index (χ3n) is 3.68. The zero-order valence-electron chi connectivity index (χ0n) is 12.5. The minimum atomic E-state index is -4.57. The van der Waals surface area contributed by atoms with E-state index in [9.17, 15) is 21.6 Å². The van der Waals surface area contributed by atoms with Crippen LogP contribution in [0.3, 0.4) is 0 Å². The number of oxazole rings is 1. The van der Waals surface area contributed by atoms with Crippen LogP contribution in [0.2, 0.25) is 0 Å². The molecule has 0 aliphatic carbocycles. The summed E-state index contributed by atoms with van der Waals surface area (Å²) in [6.07, 6.45) is -3.10. The van der Waals surface area contributed by atoms with Gasteiger partial charge in [0.05, 0.1) is 18.7 Å². The Morgan fingerprint density at radius 2 is 2.05 bits per heavy atom. The highest BCUT2D eigenvalue weighted by Crippen LogP contribution is 2.38. The molecule has 0 bridgehead atoms. The van der Waals surface area contributed by atoms with E-state index in [1.807, 2.05) is 0 Å². The first-order valence-electron chi connectivity index (χ1n) is 6.63. The number of alkyl halides is 3. The highest BCUT2D eigenvalue weighted by atomic mass is 32.2. The van der Waals surface area contributed by atoms with Crippen molar-refractivity contribution in [3.05, 3.63) is 17.8 Å². The van der Waals surface area contributed by atoms with Gasteiger partial charge in [0, 0.05) is 27.2 Å². The van der Waals surface area contributed by atoms with Gasteiger partial charge in [-0.3, -0.25) is 4.90 Å². The molecule has 0 N–H and O–H groups in total. The van der Waals surface area contributed by atoms with Gasteiger partial charge in [-0.25, -0.2) is 17.7 Å². The summed E-state index contributed by atoms with van der Waals surface area (Å²) in [6, 6.07) is 0. The van der Waals surface area contributed by atoms with E-state index in [2.05, 4.69) is 4.98 Å². The zero-order chi connectivity index (χ0) is 16.7. The van der Waals surface area contributed by atoms with Gasteiger partial charge < -0.3 is 4.42 Å². The van der Waals surface area contributed by atoms with E-state index in [0.29, 0.717) is 5.76 Å². The van der Waals surface area contributed by atoms with Crippen molar-refractivity contribution < 1.29 is 26.0 Å². The number of hydrogen-bond acceptors (Lipinski definition) is 5. The Hall–Kier alpha value is -1.13. The van der Waals surface area contributed by atoms with Gasteiger partial charge in [0.25, 0.3) is 0 Å². The normalized spacial score (nSPS) is 24.3. The van der Waals surface area contributed by atoms with Gasteiger partial charge in [0.2, 0.25) is 15.9 Å². The summed E-state index contributed by atoms with van der Waals surface area (Å²) in [5, 5.41) is -1.52. The second-order valence-corrected chi connectivity index (χ2v) is 7.94. The maximum atomic E-state index is 13.2. The predicted molar refractivity (Wildman–Crippen MR) is 72.5 cm³/mol. The van der Waals surface area contributed by atoms with Crippen LogP contribution in [0.5, 0.6) is 0 Å². The number of sulfonamides is 1. The minimum Gasteiger partial charge on any atom is -0.445 e. The summed E-state index contributed by atoms with van der Waals surface area (Å²) in [5.41, 5.74) is 0. The molecule has 0 radical (unpaired) electrons. The molecule has 1 aliphatic rings. The molecule has 0 spiro atoms. The summed E-state index contributed by atoms with van der Waals surface area (Å²) >= 11 is 0. The molecule has 1 aromatic heterocycles. The van der Waals surface area contributed by atoms with Crippen molar-refractivity contribution in [1.29, 1.82) is 0 Å². The van der Waals surface area contributed by atoms with E-state index in [4.69, 9.17) is 4.42 Å². The van der Waals surface area contributed by atoms with Crippen LogP contribution >= 0.6 is 0 Å². The van der Waals surface area contributed by atoms with Crippen LogP contribution < -0.4 is 0 Å². The average Bonchev–Trinajstić information content (AvgIpc) is 2.96. The summed E-state index contributed by atoms with van der Waals surface area (Å²) < 4.78 is 69.9. The standard InChI is InChI=1S/C12H18F3N3O3S/c1-8-4-16-11(21-8)7-18-5-9(12(13,14)15)10(6-18)22(19,20)17(2)3/h4,9-10H,5-7H2,1-3H3/t9-,10-/m1/s1. The minimum absolute atomic E-state index is 0.0554. The number of likely N-dealkylation sites (tertiary alicyclic amines) is 1. The monoisotopic (exact) mass is 341 g/mol. The molecular formula is C12H18F3N3O3S. The second kappa shape index (κ2) is 5.82. The molecule has 1 aliphatic heterocycles. The third-order valence-corrected chi connectivity index (χ3v) is 5.94. The number of aryl methyl sites for hydroxylation is 1. The van der Waals surface area contributed by atoms with E-state index in [0.717, 1.165) is 4.31 Å². The molecule has 0 unspecified atom stereocenters. The molecule has 22 heavy (non-hydrogen) atoms. The molecule has 126 valence electrons. The van der Waals surface area contributed by atoms with E-state index >= 15 is 0 Å². The lowest BCUT2D eigenvalue weighted by atomic mass is 10.1. The van der Waals surface area contributed by atoms with E-state index < -0.39 is 27.4 Å². The predicted octanol–water partition coefficient (Wildman–Crippen LogP) is 1.24. The quantitative estimate of drug-likeness (QED) is 0.824. The Morgan fingerprint density at radius 1 is 1.41 bits per heavy atom. The van der Waals surface area contributed by atoms with Crippen molar-refractivity contribution in [2.24, 2.45) is 5.92 Å². The fraction of sp³-hybridized carbons (Fsp3) is 0.750. The lowest BCUT2D eigenvalue weighted by Gasteiger charge is -2.24. The molecular weight excluding hydrogens is 323 g/mol. The van der Waals surface area contributed by atoms with Gasteiger partial charge in [-0.1, -0.05) is 0 Å². The summed E-state index contributed by atoms with van der Waals surface area (Å²) in [6.45, 7) is 1.15. The molecule has 6 nitrogen and oxygen atoms in total. The van der Waals surface area contributed by atoms with Crippen molar-refractivity contribution in [1.82, 2.24) is 14.2 Å². The highest BCUT2D eigenvalue weighted by molar-refractivity contribution is 7.89. The fourth-order valence-corrected chi connectivity index (χ4v) is 4.13. The number of aromatic nitrogens is 1. The van der Waals surface area contributed by atoms with Gasteiger partial charge in [0.15, 0.2) is 0 Å². The molecule has 0 amide bonds. The van der Waals surface area contributed by atoms with Crippen molar-refractivity contribution in [3.63, 3.8) is 0 Å². The SMILES string of the molecule is Cc1cnc(CN2C[C@@H](C(F)(F)F)[C@H](S(=O)(=O)N(C)C)C2)o1. The van der Waals surface area contributed by atoms with Gasteiger partial charge in [-0.2, -0.15) is 13.2 Å². The van der Waals surface area contributed by atoms with Crippen LogP contribution in [0.1, 0.15) is 11.7 Å². The maximum Gasteiger partial charge on any atom is 0.394 e. The second-order valence-electron chi connectivity index (χ2n) is 5.57. The average molecular weight is 341 g/mol. The Morgan fingerprint density at radius 3 is 2.50 bits per heavy atom. The van der Waals surface area contributed by atoms with Gasteiger partial charge in [0.1, 0.15) is 11.0 Å². The lowest BCUT2D eigenvalue weighted by molar-refractivity contribution is -0.169. The lowest BCUT2D eigenvalue weighted by Crippen LogP contribution is -2.43. The summed E-state index contributed by atoms with van der Waals surface area (Å²) in [7, 11) is -1.53. The Balaban J connectivity index is 2.22. The highest BCUT2D eigenvalue weighted by Gasteiger charge is 2.55. The van der Waals surface area contributed by atoms with Crippen molar-refractivity contribution in [3.8, 4) is 0 Å². The van der Waals surface area contributed by atoms with Gasteiger partial charge in [-0.05, 0) is 6.92 Å². The topological polar surface area (TPSA) is 66.7 Å². The van der Waals surface area contributed by atoms with Gasteiger partial charge in [-0.15, -0.1) is 0 Å². The number of halogens is 3. The number of rotatable bonds is 4. The fourth-order valence-electron chi connectivity index (χ4n) is 2.53. The van der Waals surface area contributed by atoms with E-state index in [-0.39, 0.29) is 25.5 Å². The van der Waals surface area contributed by atoms with Crippen LogP contribution in [0.25, 0.3) is 0 Å². The third kappa shape index (κ3) is 3.44. The first kappa shape index (κ1) is 17.2. The first-order chi connectivity index (χ1) is 10.0. The molecule has 2 rings (SSSR count). The van der Waals surface area contributed by atoms with Crippen molar-refractivity contribution >= 4 is 10.0 Å². The molecule has 1 saturated heterocycles. The summed E-state index contributed by atoms with van der Waals surface area (Å²) in [5.74, 6) is -1.09. The Labute approximate surface area is 127 Å². The molecule has 0 aromatic carbocycles. The van der Waals surface area contributed by atoms with Crippen LogP contribution in [0, 0.1) is 12.8 Å². The van der Waals surface area contributed by atoms with Crippen molar-refractivity contribution in [2.45, 2.75) is 24.9 Å². The Kier molecular flexibility index (Phi) is 4.56. The molecule has 2 atom stereocenters.